The molecule has 2 aliphatic rings. The maximum atomic E-state index is 10.9. The van der Waals surface area contributed by atoms with Crippen molar-refractivity contribution < 1.29 is 14.0 Å². The van der Waals surface area contributed by atoms with Gasteiger partial charge in [0.2, 0.25) is 11.8 Å². The Bertz CT molecular complexity index is 678. The Kier molecular flexibility index (Phi) is 3.69. The van der Waals surface area contributed by atoms with Crippen LogP contribution in [0.15, 0.2) is 15.1 Å². The van der Waals surface area contributed by atoms with Crippen molar-refractivity contribution in [3.05, 3.63) is 29.6 Å². The van der Waals surface area contributed by atoms with Crippen LogP contribution in [-0.2, 0) is 13.0 Å². The molecule has 0 bridgehead atoms. The molecule has 1 saturated heterocycles. The van der Waals surface area contributed by atoms with Gasteiger partial charge < -0.3 is 14.0 Å². The first-order chi connectivity index (χ1) is 11.1. The molecule has 0 aromatic carbocycles. The zero-order chi connectivity index (χ0) is 15.9. The highest BCUT2D eigenvalue weighted by atomic mass is 16.5. The third-order valence-corrected chi connectivity index (χ3v) is 4.57. The van der Waals surface area contributed by atoms with Gasteiger partial charge in [0.15, 0.2) is 5.82 Å². The standard InChI is InChI=1S/C16H22N4O3/c1-11-8-17-14(22-11)9-20-6-2-5-16(21,10-20)7-13-18-15(19-23-13)12-3-4-12/h8,12,21H,2-7,9-10H2,1H3. The monoisotopic (exact) mass is 318 g/mol. The summed E-state index contributed by atoms with van der Waals surface area (Å²) in [5.41, 5.74) is -0.826. The van der Waals surface area contributed by atoms with E-state index >= 15 is 0 Å². The molecule has 1 atom stereocenters. The largest absolute Gasteiger partial charge is 0.445 e. The molecule has 1 aliphatic heterocycles. The second kappa shape index (κ2) is 5.72. The third-order valence-electron chi connectivity index (χ3n) is 4.57. The molecule has 1 unspecified atom stereocenters. The fourth-order valence-electron chi connectivity index (χ4n) is 3.28. The fourth-order valence-corrected chi connectivity index (χ4v) is 3.28. The molecule has 1 saturated carbocycles. The molecule has 124 valence electrons. The van der Waals surface area contributed by atoms with E-state index in [9.17, 15) is 5.11 Å². The normalized spacial score (nSPS) is 25.8. The molecule has 7 nitrogen and oxygen atoms in total. The Hall–Kier alpha value is -1.73. The average molecular weight is 318 g/mol. The lowest BCUT2D eigenvalue weighted by atomic mass is 9.89. The van der Waals surface area contributed by atoms with E-state index in [1.807, 2.05) is 6.92 Å². The van der Waals surface area contributed by atoms with Crippen molar-refractivity contribution in [3.8, 4) is 0 Å². The average Bonchev–Trinajstić information content (AvgIpc) is 3.13. The number of piperidine rings is 1. The number of rotatable bonds is 5. The lowest BCUT2D eigenvalue weighted by molar-refractivity contribution is -0.0392. The SMILES string of the molecule is Cc1cnc(CN2CCCC(O)(Cc3nc(C4CC4)no3)C2)o1. The Morgan fingerprint density at radius 1 is 1.39 bits per heavy atom. The highest BCUT2D eigenvalue weighted by Gasteiger charge is 2.36. The Morgan fingerprint density at radius 2 is 2.26 bits per heavy atom. The van der Waals surface area contributed by atoms with Crippen molar-refractivity contribution in [1.29, 1.82) is 0 Å². The summed E-state index contributed by atoms with van der Waals surface area (Å²) in [6.45, 7) is 4.00. The van der Waals surface area contributed by atoms with Crippen LogP contribution < -0.4 is 0 Å². The van der Waals surface area contributed by atoms with Crippen molar-refractivity contribution in [1.82, 2.24) is 20.0 Å². The maximum absolute atomic E-state index is 10.9. The molecular weight excluding hydrogens is 296 g/mol. The first-order valence-electron chi connectivity index (χ1n) is 8.28. The summed E-state index contributed by atoms with van der Waals surface area (Å²) >= 11 is 0. The lowest BCUT2D eigenvalue weighted by Gasteiger charge is -2.37. The minimum Gasteiger partial charge on any atom is -0.445 e. The van der Waals surface area contributed by atoms with Crippen molar-refractivity contribution >= 4 is 0 Å². The highest BCUT2D eigenvalue weighted by molar-refractivity contribution is 5.05. The fraction of sp³-hybridized carbons (Fsp3) is 0.688. The van der Waals surface area contributed by atoms with Crippen LogP contribution in [0.3, 0.4) is 0 Å². The first-order valence-corrected chi connectivity index (χ1v) is 8.28. The van der Waals surface area contributed by atoms with Gasteiger partial charge in [-0.2, -0.15) is 4.98 Å². The molecule has 0 spiro atoms. The van der Waals surface area contributed by atoms with Crippen LogP contribution in [0.1, 0.15) is 55.0 Å². The van der Waals surface area contributed by atoms with Crippen molar-refractivity contribution in [2.45, 2.75) is 57.1 Å². The zero-order valence-corrected chi connectivity index (χ0v) is 13.4. The van der Waals surface area contributed by atoms with Crippen LogP contribution in [-0.4, -0.2) is 43.8 Å². The molecule has 7 heteroatoms. The van der Waals surface area contributed by atoms with Crippen molar-refractivity contribution in [2.24, 2.45) is 0 Å². The van der Waals surface area contributed by atoms with E-state index in [0.29, 0.717) is 37.2 Å². The maximum Gasteiger partial charge on any atom is 0.229 e. The third kappa shape index (κ3) is 3.45. The van der Waals surface area contributed by atoms with E-state index in [1.165, 1.54) is 0 Å². The van der Waals surface area contributed by atoms with Crippen LogP contribution in [0.25, 0.3) is 0 Å². The molecule has 0 amide bonds. The number of hydrogen-bond acceptors (Lipinski definition) is 7. The van der Waals surface area contributed by atoms with E-state index in [1.54, 1.807) is 6.20 Å². The summed E-state index contributed by atoms with van der Waals surface area (Å²) in [4.78, 5) is 10.9. The second-order valence-electron chi connectivity index (χ2n) is 6.90. The summed E-state index contributed by atoms with van der Waals surface area (Å²) < 4.78 is 10.9. The van der Waals surface area contributed by atoms with E-state index in [4.69, 9.17) is 8.94 Å². The number of aliphatic hydroxyl groups is 1. The number of oxazole rings is 1. The van der Waals surface area contributed by atoms with Gasteiger partial charge in [-0.3, -0.25) is 4.90 Å². The quantitative estimate of drug-likeness (QED) is 0.899. The van der Waals surface area contributed by atoms with Crippen LogP contribution in [0.2, 0.25) is 0 Å². The predicted octanol–water partition coefficient (Wildman–Crippen LogP) is 1.81. The summed E-state index contributed by atoms with van der Waals surface area (Å²) in [7, 11) is 0. The van der Waals surface area contributed by atoms with Crippen LogP contribution >= 0.6 is 0 Å². The molecule has 1 aliphatic carbocycles. The summed E-state index contributed by atoms with van der Waals surface area (Å²) in [6.07, 6.45) is 6.10. The van der Waals surface area contributed by atoms with E-state index in [0.717, 1.165) is 43.8 Å². The molecule has 2 aromatic heterocycles. The van der Waals surface area contributed by atoms with Gasteiger partial charge in [0.25, 0.3) is 0 Å². The first kappa shape index (κ1) is 14.8. The number of β-amino-alcohol motifs (C(OH)–C–C–N with tert-alkyl or cyclic N) is 1. The number of likely N-dealkylation sites (tertiary alicyclic amines) is 1. The van der Waals surface area contributed by atoms with Gasteiger partial charge in [0, 0.05) is 12.5 Å². The van der Waals surface area contributed by atoms with Gasteiger partial charge in [-0.1, -0.05) is 5.16 Å². The molecule has 4 rings (SSSR count). The van der Waals surface area contributed by atoms with E-state index in [2.05, 4.69) is 20.0 Å². The van der Waals surface area contributed by atoms with Gasteiger partial charge >= 0.3 is 0 Å². The molecule has 1 N–H and O–H groups in total. The molecular formula is C16H22N4O3. The second-order valence-corrected chi connectivity index (χ2v) is 6.90. The van der Waals surface area contributed by atoms with Crippen molar-refractivity contribution in [2.75, 3.05) is 13.1 Å². The predicted molar refractivity (Wildman–Crippen MR) is 80.7 cm³/mol. The molecule has 0 radical (unpaired) electrons. The number of aryl methyl sites for hydroxylation is 1. The molecule has 3 heterocycles. The summed E-state index contributed by atoms with van der Waals surface area (Å²) in [5.74, 6) is 3.32. The van der Waals surface area contributed by atoms with Gasteiger partial charge in [-0.15, -0.1) is 0 Å². The number of nitrogens with zero attached hydrogens (tertiary/aromatic N) is 4. The van der Waals surface area contributed by atoms with E-state index < -0.39 is 5.60 Å². The lowest BCUT2D eigenvalue weighted by Crippen LogP contribution is -2.49. The molecule has 2 fully saturated rings. The topological polar surface area (TPSA) is 88.4 Å². The van der Waals surface area contributed by atoms with E-state index in [-0.39, 0.29) is 0 Å². The summed E-state index contributed by atoms with van der Waals surface area (Å²) in [6, 6.07) is 0. The van der Waals surface area contributed by atoms with Crippen LogP contribution in [0, 0.1) is 6.92 Å². The van der Waals surface area contributed by atoms with Crippen molar-refractivity contribution in [3.63, 3.8) is 0 Å². The highest BCUT2D eigenvalue weighted by Crippen LogP contribution is 2.38. The van der Waals surface area contributed by atoms with Gasteiger partial charge in [0.1, 0.15) is 5.76 Å². The summed E-state index contributed by atoms with van der Waals surface area (Å²) in [5, 5.41) is 14.9. The Labute approximate surface area is 134 Å². The zero-order valence-electron chi connectivity index (χ0n) is 13.4. The van der Waals surface area contributed by atoms with Gasteiger partial charge in [-0.05, 0) is 39.2 Å². The molecule has 2 aromatic rings. The smallest absolute Gasteiger partial charge is 0.229 e. The minimum atomic E-state index is -0.826. The van der Waals surface area contributed by atoms with Gasteiger partial charge in [-0.25, -0.2) is 4.98 Å². The molecule has 23 heavy (non-hydrogen) atoms. The van der Waals surface area contributed by atoms with Gasteiger partial charge in [0.05, 0.1) is 24.8 Å². The number of aromatic nitrogens is 3. The Morgan fingerprint density at radius 3 is 3.00 bits per heavy atom. The Balaban J connectivity index is 1.39. The minimum absolute atomic E-state index is 0.411. The van der Waals surface area contributed by atoms with Crippen LogP contribution in [0.4, 0.5) is 0 Å². The number of hydrogen-bond donors (Lipinski definition) is 1. The van der Waals surface area contributed by atoms with Crippen LogP contribution in [0.5, 0.6) is 0 Å².